The number of nitrogens with zero attached hydrogens (tertiary/aromatic N) is 4. The summed E-state index contributed by atoms with van der Waals surface area (Å²) in [5.41, 5.74) is 5.51. The molecule has 8 heteroatoms. The van der Waals surface area contributed by atoms with E-state index in [1.807, 2.05) is 18.2 Å². The summed E-state index contributed by atoms with van der Waals surface area (Å²) in [5.74, 6) is 1.20. The average molecular weight is 478 g/mol. The predicted molar refractivity (Wildman–Crippen MR) is 136 cm³/mol. The number of carbonyl (C=O) groups excluding carboxylic acids is 1. The van der Waals surface area contributed by atoms with Crippen molar-refractivity contribution >= 4 is 11.7 Å². The fourth-order valence-electron chi connectivity index (χ4n) is 5.19. The second-order valence-corrected chi connectivity index (χ2v) is 9.53. The Hall–Kier alpha value is -3.10. The Bertz CT molecular complexity index is 1140. The minimum Gasteiger partial charge on any atom is -0.376 e. The van der Waals surface area contributed by atoms with Gasteiger partial charge in [-0.05, 0) is 57.9 Å². The number of nitrogens with one attached hydrogen (secondary N) is 1. The van der Waals surface area contributed by atoms with Crippen LogP contribution in [0.1, 0.15) is 29.9 Å². The summed E-state index contributed by atoms with van der Waals surface area (Å²) >= 11 is 0. The van der Waals surface area contributed by atoms with E-state index in [4.69, 9.17) is 14.6 Å². The molecule has 2 aliphatic rings. The number of amides is 1. The lowest BCUT2D eigenvalue weighted by Gasteiger charge is -2.34. The Morgan fingerprint density at radius 3 is 2.40 bits per heavy atom. The number of aryl methyl sites for hydroxylation is 3. The van der Waals surface area contributed by atoms with Gasteiger partial charge in [0.2, 0.25) is 5.91 Å². The lowest BCUT2D eigenvalue weighted by Crippen LogP contribution is -2.45. The summed E-state index contributed by atoms with van der Waals surface area (Å²) in [6.07, 6.45) is 1.55. The van der Waals surface area contributed by atoms with E-state index in [0.717, 1.165) is 48.8 Å². The highest BCUT2D eigenvalue weighted by atomic mass is 16.6. The molecule has 1 N–H and O–H groups in total. The highest BCUT2D eigenvalue weighted by Crippen LogP contribution is 2.35. The number of carbonyl (C=O) groups is 1. The van der Waals surface area contributed by atoms with Crippen molar-refractivity contribution in [2.75, 3.05) is 44.4 Å². The van der Waals surface area contributed by atoms with Crippen molar-refractivity contribution < 1.29 is 14.3 Å². The van der Waals surface area contributed by atoms with Crippen molar-refractivity contribution in [2.45, 2.75) is 39.7 Å². The van der Waals surface area contributed by atoms with Crippen molar-refractivity contribution in [1.29, 1.82) is 0 Å². The normalized spacial score (nSPS) is 19.2. The molecule has 3 aromatic rings. The molecule has 2 fully saturated rings. The number of anilines is 1. The third-order valence-electron chi connectivity index (χ3n) is 7.05. The summed E-state index contributed by atoms with van der Waals surface area (Å²) in [7, 11) is 0. The zero-order valence-electron chi connectivity index (χ0n) is 20.9. The van der Waals surface area contributed by atoms with Crippen LogP contribution in [0.5, 0.6) is 0 Å². The maximum absolute atomic E-state index is 12.9. The minimum atomic E-state index is -0.0494. The maximum Gasteiger partial charge on any atom is 0.223 e. The minimum absolute atomic E-state index is 0.00320. The van der Waals surface area contributed by atoms with Crippen molar-refractivity contribution in [1.82, 2.24) is 19.7 Å². The van der Waals surface area contributed by atoms with Crippen LogP contribution in [0.2, 0.25) is 0 Å². The predicted octanol–water partition coefficient (Wildman–Crippen LogP) is 3.34. The first-order valence-electron chi connectivity index (χ1n) is 12.6. The number of aromatic nitrogens is 3. The fraction of sp³-hybridized carbons (Fsp3) is 0.481. The molecule has 2 saturated heterocycles. The molecule has 1 atom stereocenters. The molecule has 35 heavy (non-hydrogen) atoms. The summed E-state index contributed by atoms with van der Waals surface area (Å²) < 4.78 is 15.4. The standard InChI is InChI=1S/C27H35N5O3/c1-19-9-10-20(2)31(19)25-21(3)29-32(23-7-5-4-6-8-23)27(25)30-13-11-22(12-14-30)26(33)28-17-24-18-34-15-16-35-24/h4-10,22,24H,11-18H2,1-3H3,(H,28,33). The van der Waals surface area contributed by atoms with E-state index >= 15 is 0 Å². The lowest BCUT2D eigenvalue weighted by atomic mass is 9.95. The van der Waals surface area contributed by atoms with Gasteiger partial charge in [-0.2, -0.15) is 5.10 Å². The molecule has 4 heterocycles. The molecule has 0 bridgehead atoms. The van der Waals surface area contributed by atoms with E-state index in [-0.39, 0.29) is 17.9 Å². The van der Waals surface area contributed by atoms with E-state index in [1.54, 1.807) is 0 Å². The summed E-state index contributed by atoms with van der Waals surface area (Å²) in [5, 5.41) is 8.06. The van der Waals surface area contributed by atoms with Crippen LogP contribution in [-0.2, 0) is 14.3 Å². The van der Waals surface area contributed by atoms with Gasteiger partial charge in [-0.3, -0.25) is 4.79 Å². The number of benzene rings is 1. The quantitative estimate of drug-likeness (QED) is 0.590. The number of piperidine rings is 1. The molecule has 2 aliphatic heterocycles. The van der Waals surface area contributed by atoms with Crippen molar-refractivity contribution in [2.24, 2.45) is 5.92 Å². The van der Waals surface area contributed by atoms with Crippen LogP contribution in [0.25, 0.3) is 11.4 Å². The molecule has 1 amide bonds. The van der Waals surface area contributed by atoms with E-state index in [2.05, 4.69) is 64.5 Å². The van der Waals surface area contributed by atoms with Gasteiger partial charge in [0.05, 0.1) is 37.3 Å². The second-order valence-electron chi connectivity index (χ2n) is 9.53. The molecule has 1 aromatic carbocycles. The first-order chi connectivity index (χ1) is 17.0. The van der Waals surface area contributed by atoms with Gasteiger partial charge in [-0.25, -0.2) is 4.68 Å². The molecule has 5 rings (SSSR count). The molecule has 0 radical (unpaired) electrons. The van der Waals surface area contributed by atoms with Crippen LogP contribution in [0.3, 0.4) is 0 Å². The Kier molecular flexibility index (Phi) is 6.92. The SMILES string of the molecule is Cc1nn(-c2ccccc2)c(N2CCC(C(=O)NCC3COCCO3)CC2)c1-n1c(C)ccc1C. The van der Waals surface area contributed by atoms with Crippen LogP contribution in [0.15, 0.2) is 42.5 Å². The van der Waals surface area contributed by atoms with Gasteiger partial charge >= 0.3 is 0 Å². The second kappa shape index (κ2) is 10.3. The third-order valence-corrected chi connectivity index (χ3v) is 7.05. The number of hydrogen-bond donors (Lipinski definition) is 1. The van der Waals surface area contributed by atoms with E-state index in [0.29, 0.717) is 26.4 Å². The molecule has 8 nitrogen and oxygen atoms in total. The van der Waals surface area contributed by atoms with Gasteiger partial charge in [0.15, 0.2) is 5.82 Å². The molecule has 2 aromatic heterocycles. The third kappa shape index (κ3) is 4.86. The topological polar surface area (TPSA) is 73.6 Å². The first-order valence-corrected chi connectivity index (χ1v) is 12.6. The van der Waals surface area contributed by atoms with Gasteiger partial charge < -0.3 is 24.3 Å². The molecule has 0 aliphatic carbocycles. The Labute approximate surface area is 206 Å². The van der Waals surface area contributed by atoms with Crippen LogP contribution in [0, 0.1) is 26.7 Å². The zero-order chi connectivity index (χ0) is 24.4. The average Bonchev–Trinajstić information content (AvgIpc) is 3.41. The molecule has 1 unspecified atom stereocenters. The van der Waals surface area contributed by atoms with E-state index < -0.39 is 0 Å². The zero-order valence-corrected chi connectivity index (χ0v) is 20.9. The smallest absolute Gasteiger partial charge is 0.223 e. The number of rotatable bonds is 6. The first kappa shape index (κ1) is 23.6. The molecular formula is C27H35N5O3. The van der Waals surface area contributed by atoms with Crippen LogP contribution >= 0.6 is 0 Å². The molecule has 0 spiro atoms. The van der Waals surface area contributed by atoms with Crippen molar-refractivity contribution in [3.63, 3.8) is 0 Å². The maximum atomic E-state index is 12.9. The van der Waals surface area contributed by atoms with Crippen LogP contribution in [0.4, 0.5) is 5.82 Å². The largest absolute Gasteiger partial charge is 0.376 e. The van der Waals surface area contributed by atoms with Crippen molar-refractivity contribution in [3.05, 3.63) is 59.5 Å². The molecular weight excluding hydrogens is 442 g/mol. The summed E-state index contributed by atoms with van der Waals surface area (Å²) in [4.78, 5) is 15.3. The van der Waals surface area contributed by atoms with Gasteiger partial charge in [-0.1, -0.05) is 18.2 Å². The number of hydrogen-bond acceptors (Lipinski definition) is 5. The Morgan fingerprint density at radius 2 is 1.74 bits per heavy atom. The van der Waals surface area contributed by atoms with Crippen LogP contribution < -0.4 is 10.2 Å². The van der Waals surface area contributed by atoms with Gasteiger partial charge in [0.1, 0.15) is 5.69 Å². The monoisotopic (exact) mass is 477 g/mol. The van der Waals surface area contributed by atoms with Gasteiger partial charge in [-0.15, -0.1) is 0 Å². The van der Waals surface area contributed by atoms with Crippen LogP contribution in [-0.4, -0.2) is 65.8 Å². The van der Waals surface area contributed by atoms with Gasteiger partial charge in [0, 0.05) is 36.9 Å². The van der Waals surface area contributed by atoms with Crippen molar-refractivity contribution in [3.8, 4) is 11.4 Å². The number of para-hydroxylation sites is 1. The summed E-state index contributed by atoms with van der Waals surface area (Å²) in [6, 6.07) is 14.6. The molecule has 0 saturated carbocycles. The van der Waals surface area contributed by atoms with E-state index in [1.165, 1.54) is 11.4 Å². The molecule has 186 valence electrons. The number of ether oxygens (including phenoxy) is 2. The lowest BCUT2D eigenvalue weighted by molar-refractivity contribution is -0.128. The van der Waals surface area contributed by atoms with E-state index in [9.17, 15) is 4.79 Å². The highest BCUT2D eigenvalue weighted by Gasteiger charge is 2.31. The Balaban J connectivity index is 1.37. The highest BCUT2D eigenvalue weighted by molar-refractivity contribution is 5.79. The fourth-order valence-corrected chi connectivity index (χ4v) is 5.19. The Morgan fingerprint density at radius 1 is 1.03 bits per heavy atom. The van der Waals surface area contributed by atoms with Gasteiger partial charge in [0.25, 0.3) is 0 Å². The summed E-state index contributed by atoms with van der Waals surface area (Å²) in [6.45, 7) is 10.2.